The fourth-order valence-electron chi connectivity index (χ4n) is 0.911. The van der Waals surface area contributed by atoms with Gasteiger partial charge in [0, 0.05) is 11.8 Å². The first-order valence-corrected chi connectivity index (χ1v) is 4.68. The predicted octanol–water partition coefficient (Wildman–Crippen LogP) is 2.20. The third-order valence-electron chi connectivity index (χ3n) is 1.65. The standard InChI is InChI=1S/C11H13FN2O/c1-8(2)7-13-14-11(15)9-3-5-10(12)6-4-9/h3-8H,1-2H3,(H,14,15)/b13-7-. The van der Waals surface area contributed by atoms with E-state index in [1.165, 1.54) is 24.3 Å². The maximum atomic E-state index is 12.5. The second-order valence-corrected chi connectivity index (χ2v) is 3.47. The molecular weight excluding hydrogens is 195 g/mol. The van der Waals surface area contributed by atoms with Gasteiger partial charge >= 0.3 is 0 Å². The molecule has 0 aliphatic carbocycles. The number of hydrazone groups is 1. The lowest BCUT2D eigenvalue weighted by atomic mass is 10.2. The number of hydrogen-bond donors (Lipinski definition) is 1. The van der Waals surface area contributed by atoms with Gasteiger partial charge in [-0.15, -0.1) is 0 Å². The summed E-state index contributed by atoms with van der Waals surface area (Å²) in [5.74, 6) is -0.428. The van der Waals surface area contributed by atoms with Crippen molar-refractivity contribution >= 4 is 12.1 Å². The normalized spacial score (nSPS) is 10.9. The lowest BCUT2D eigenvalue weighted by molar-refractivity contribution is 0.0955. The molecule has 15 heavy (non-hydrogen) atoms. The second kappa shape index (κ2) is 5.24. The number of amides is 1. The molecule has 0 aliphatic heterocycles. The zero-order chi connectivity index (χ0) is 11.3. The lowest BCUT2D eigenvalue weighted by Gasteiger charge is -1.99. The maximum absolute atomic E-state index is 12.5. The number of nitrogens with zero attached hydrogens (tertiary/aromatic N) is 1. The molecule has 0 bridgehead atoms. The quantitative estimate of drug-likeness (QED) is 0.600. The van der Waals surface area contributed by atoms with E-state index in [1.807, 2.05) is 13.8 Å². The molecule has 0 spiro atoms. The molecule has 0 saturated heterocycles. The second-order valence-electron chi connectivity index (χ2n) is 3.47. The number of benzene rings is 1. The van der Waals surface area contributed by atoms with E-state index in [4.69, 9.17) is 0 Å². The van der Waals surface area contributed by atoms with E-state index in [2.05, 4.69) is 10.5 Å². The highest BCUT2D eigenvalue weighted by Gasteiger charge is 2.03. The van der Waals surface area contributed by atoms with Gasteiger partial charge in [0.15, 0.2) is 0 Å². The molecule has 3 nitrogen and oxygen atoms in total. The summed E-state index contributed by atoms with van der Waals surface area (Å²) in [5, 5.41) is 3.75. The average Bonchev–Trinajstić information content (AvgIpc) is 2.18. The molecule has 4 heteroatoms. The van der Waals surface area contributed by atoms with Gasteiger partial charge in [-0.3, -0.25) is 4.79 Å². The minimum Gasteiger partial charge on any atom is -0.267 e. The van der Waals surface area contributed by atoms with Crippen molar-refractivity contribution in [1.29, 1.82) is 0 Å². The van der Waals surface area contributed by atoms with Gasteiger partial charge in [0.2, 0.25) is 0 Å². The van der Waals surface area contributed by atoms with Crippen molar-refractivity contribution in [2.45, 2.75) is 13.8 Å². The Hall–Kier alpha value is -1.71. The third kappa shape index (κ3) is 3.89. The number of hydrogen-bond acceptors (Lipinski definition) is 2. The van der Waals surface area contributed by atoms with Gasteiger partial charge in [-0.2, -0.15) is 5.10 Å². The molecule has 1 amide bonds. The van der Waals surface area contributed by atoms with Crippen molar-refractivity contribution in [2.75, 3.05) is 0 Å². The van der Waals surface area contributed by atoms with Crippen LogP contribution in [0.25, 0.3) is 0 Å². The maximum Gasteiger partial charge on any atom is 0.271 e. The number of nitrogens with one attached hydrogen (secondary N) is 1. The van der Waals surface area contributed by atoms with Gasteiger partial charge in [0.25, 0.3) is 5.91 Å². The predicted molar refractivity (Wildman–Crippen MR) is 57.2 cm³/mol. The first-order chi connectivity index (χ1) is 7.09. The van der Waals surface area contributed by atoms with Crippen LogP contribution in [-0.2, 0) is 0 Å². The molecule has 0 unspecified atom stereocenters. The summed E-state index contributed by atoms with van der Waals surface area (Å²) in [6.07, 6.45) is 1.63. The Kier molecular flexibility index (Phi) is 3.97. The molecule has 0 atom stereocenters. The van der Waals surface area contributed by atoms with Crippen LogP contribution in [0.15, 0.2) is 29.4 Å². The van der Waals surface area contributed by atoms with Gasteiger partial charge < -0.3 is 0 Å². The Balaban J connectivity index is 2.58. The van der Waals surface area contributed by atoms with Gasteiger partial charge in [-0.1, -0.05) is 13.8 Å². The SMILES string of the molecule is CC(C)/C=N\NC(=O)c1ccc(F)cc1. The van der Waals surface area contributed by atoms with Crippen LogP contribution in [0.2, 0.25) is 0 Å². The number of carbonyl (C=O) groups excluding carboxylic acids is 1. The molecule has 1 rings (SSSR count). The van der Waals surface area contributed by atoms with Crippen LogP contribution in [-0.4, -0.2) is 12.1 Å². The Morgan fingerprint density at radius 2 is 2.00 bits per heavy atom. The van der Waals surface area contributed by atoms with Crippen molar-refractivity contribution in [1.82, 2.24) is 5.43 Å². The first-order valence-electron chi connectivity index (χ1n) is 4.68. The van der Waals surface area contributed by atoms with Crippen LogP contribution < -0.4 is 5.43 Å². The zero-order valence-corrected chi connectivity index (χ0v) is 8.70. The highest BCUT2D eigenvalue weighted by molar-refractivity contribution is 5.94. The van der Waals surface area contributed by atoms with Crippen molar-refractivity contribution in [3.63, 3.8) is 0 Å². The summed E-state index contributed by atoms with van der Waals surface area (Å²) in [6, 6.07) is 5.30. The highest BCUT2D eigenvalue weighted by Crippen LogP contribution is 2.02. The topological polar surface area (TPSA) is 41.5 Å². The molecular formula is C11H13FN2O. The molecule has 0 aliphatic rings. The van der Waals surface area contributed by atoms with Crippen LogP contribution in [0.3, 0.4) is 0 Å². The third-order valence-corrected chi connectivity index (χ3v) is 1.65. The first kappa shape index (κ1) is 11.4. The monoisotopic (exact) mass is 208 g/mol. The largest absolute Gasteiger partial charge is 0.271 e. The summed E-state index contributed by atoms with van der Waals surface area (Å²) in [7, 11) is 0. The smallest absolute Gasteiger partial charge is 0.267 e. The van der Waals surface area contributed by atoms with Crippen LogP contribution >= 0.6 is 0 Å². The molecule has 0 fully saturated rings. The van der Waals surface area contributed by atoms with Crippen molar-refractivity contribution < 1.29 is 9.18 Å². The molecule has 0 heterocycles. The van der Waals surface area contributed by atoms with E-state index in [0.29, 0.717) is 5.56 Å². The van der Waals surface area contributed by atoms with Crippen molar-refractivity contribution in [2.24, 2.45) is 11.0 Å². The Bertz CT molecular complexity index is 357. The summed E-state index contributed by atoms with van der Waals surface area (Å²) in [4.78, 5) is 11.4. The minimum absolute atomic E-state index is 0.276. The molecule has 0 aromatic heterocycles. The van der Waals surface area contributed by atoms with E-state index in [-0.39, 0.29) is 17.6 Å². The van der Waals surface area contributed by atoms with Gasteiger partial charge in [0.05, 0.1) is 0 Å². The summed E-state index contributed by atoms with van der Waals surface area (Å²) < 4.78 is 12.5. The fraction of sp³-hybridized carbons (Fsp3) is 0.273. The van der Waals surface area contributed by atoms with Gasteiger partial charge in [0.1, 0.15) is 5.82 Å². The van der Waals surface area contributed by atoms with Crippen LogP contribution in [0, 0.1) is 11.7 Å². The molecule has 1 aromatic rings. The molecule has 1 N–H and O–H groups in total. The molecule has 0 saturated carbocycles. The molecule has 80 valence electrons. The van der Waals surface area contributed by atoms with Gasteiger partial charge in [-0.25, -0.2) is 9.82 Å². The van der Waals surface area contributed by atoms with Crippen molar-refractivity contribution in [3.05, 3.63) is 35.6 Å². The van der Waals surface area contributed by atoms with Crippen LogP contribution in [0.1, 0.15) is 24.2 Å². The van der Waals surface area contributed by atoms with E-state index in [9.17, 15) is 9.18 Å². The Morgan fingerprint density at radius 1 is 1.40 bits per heavy atom. The fourth-order valence-corrected chi connectivity index (χ4v) is 0.911. The molecule has 1 aromatic carbocycles. The highest BCUT2D eigenvalue weighted by atomic mass is 19.1. The van der Waals surface area contributed by atoms with Crippen LogP contribution in [0.4, 0.5) is 4.39 Å². The average molecular weight is 208 g/mol. The van der Waals surface area contributed by atoms with E-state index >= 15 is 0 Å². The minimum atomic E-state index is -0.364. The number of rotatable bonds is 3. The Morgan fingerprint density at radius 3 is 2.53 bits per heavy atom. The van der Waals surface area contributed by atoms with Crippen LogP contribution in [0.5, 0.6) is 0 Å². The van der Waals surface area contributed by atoms with Gasteiger partial charge in [-0.05, 0) is 30.2 Å². The Labute approximate surface area is 88.0 Å². The van der Waals surface area contributed by atoms with E-state index in [0.717, 1.165) is 0 Å². The number of halogens is 1. The summed E-state index contributed by atoms with van der Waals surface area (Å²) in [5.41, 5.74) is 2.74. The lowest BCUT2D eigenvalue weighted by Crippen LogP contribution is -2.17. The van der Waals surface area contributed by atoms with E-state index in [1.54, 1.807) is 6.21 Å². The molecule has 0 radical (unpaired) electrons. The summed E-state index contributed by atoms with van der Waals surface area (Å²) >= 11 is 0. The van der Waals surface area contributed by atoms with E-state index < -0.39 is 0 Å². The zero-order valence-electron chi connectivity index (χ0n) is 8.70. The van der Waals surface area contributed by atoms with Crippen molar-refractivity contribution in [3.8, 4) is 0 Å². The number of carbonyl (C=O) groups is 1. The summed E-state index contributed by atoms with van der Waals surface area (Å²) in [6.45, 7) is 3.90.